The number of hydrogen-bond donors (Lipinski definition) is 0. The largest absolute Gasteiger partial charge is 0.294 e. The summed E-state index contributed by atoms with van der Waals surface area (Å²) >= 11 is 0. The minimum Gasteiger partial charge on any atom is -0.294 e. The molecule has 0 fully saturated rings. The van der Waals surface area contributed by atoms with Gasteiger partial charge in [0.25, 0.3) is 0 Å². The zero-order valence-electron chi connectivity index (χ0n) is 10.3. The third kappa shape index (κ3) is 2.94. The van der Waals surface area contributed by atoms with E-state index in [-0.39, 0.29) is 17.2 Å². The molecule has 0 aromatic heterocycles. The highest BCUT2D eigenvalue weighted by atomic mass is 32.2. The molecule has 0 aliphatic carbocycles. The molecule has 0 radical (unpaired) electrons. The van der Waals surface area contributed by atoms with Crippen LogP contribution in [0, 0.1) is 11.3 Å². The number of nitrogens with zero attached hydrogens (tertiary/aromatic N) is 2. The SMILES string of the molecule is CCC(=O)c1cccc(S(=O)(=O)N(C)CC#N)c1. The van der Waals surface area contributed by atoms with Gasteiger partial charge in [0.15, 0.2) is 5.78 Å². The van der Waals surface area contributed by atoms with Crippen molar-refractivity contribution in [3.63, 3.8) is 0 Å². The second kappa shape index (κ2) is 5.76. The van der Waals surface area contributed by atoms with Crippen LogP contribution in [0.25, 0.3) is 0 Å². The lowest BCUT2D eigenvalue weighted by Gasteiger charge is -2.13. The molecular weight excluding hydrogens is 252 g/mol. The van der Waals surface area contributed by atoms with E-state index in [0.717, 1.165) is 4.31 Å². The molecule has 0 heterocycles. The Morgan fingerprint density at radius 3 is 2.67 bits per heavy atom. The minimum absolute atomic E-state index is 0.0274. The van der Waals surface area contributed by atoms with Crippen LogP contribution in [0.15, 0.2) is 29.2 Å². The molecule has 96 valence electrons. The predicted molar refractivity (Wildman–Crippen MR) is 66.5 cm³/mol. The summed E-state index contributed by atoms with van der Waals surface area (Å²) in [5, 5.41) is 8.52. The zero-order valence-corrected chi connectivity index (χ0v) is 11.1. The molecule has 0 bridgehead atoms. The van der Waals surface area contributed by atoms with Gasteiger partial charge in [-0.3, -0.25) is 4.79 Å². The van der Waals surface area contributed by atoms with Crippen molar-refractivity contribution in [1.82, 2.24) is 4.31 Å². The number of carbonyl (C=O) groups excluding carboxylic acids is 1. The van der Waals surface area contributed by atoms with Crippen LogP contribution in [0.1, 0.15) is 23.7 Å². The summed E-state index contributed by atoms with van der Waals surface area (Å²) < 4.78 is 25.0. The molecule has 18 heavy (non-hydrogen) atoms. The summed E-state index contributed by atoms with van der Waals surface area (Å²) in [7, 11) is -2.38. The lowest BCUT2D eigenvalue weighted by Crippen LogP contribution is -2.27. The highest BCUT2D eigenvalue weighted by Gasteiger charge is 2.21. The number of nitriles is 1. The fourth-order valence-electron chi connectivity index (χ4n) is 1.40. The van der Waals surface area contributed by atoms with E-state index in [4.69, 9.17) is 5.26 Å². The van der Waals surface area contributed by atoms with Crippen LogP contribution in [0.5, 0.6) is 0 Å². The van der Waals surface area contributed by atoms with Crippen molar-refractivity contribution in [2.24, 2.45) is 0 Å². The molecule has 1 aromatic rings. The van der Waals surface area contributed by atoms with Gasteiger partial charge in [0.1, 0.15) is 6.54 Å². The van der Waals surface area contributed by atoms with Crippen LogP contribution in [0.4, 0.5) is 0 Å². The Bertz CT molecular complexity index is 588. The van der Waals surface area contributed by atoms with Gasteiger partial charge < -0.3 is 0 Å². The molecule has 1 rings (SSSR count). The van der Waals surface area contributed by atoms with E-state index in [0.29, 0.717) is 12.0 Å². The number of rotatable bonds is 5. The van der Waals surface area contributed by atoms with E-state index < -0.39 is 10.0 Å². The summed E-state index contributed by atoms with van der Waals surface area (Å²) in [6.45, 7) is 1.49. The van der Waals surface area contributed by atoms with Crippen molar-refractivity contribution < 1.29 is 13.2 Å². The van der Waals surface area contributed by atoms with E-state index in [2.05, 4.69) is 0 Å². The predicted octanol–water partition coefficient (Wildman–Crippen LogP) is 1.42. The van der Waals surface area contributed by atoms with Crippen molar-refractivity contribution in [3.8, 4) is 6.07 Å². The van der Waals surface area contributed by atoms with Gasteiger partial charge in [-0.25, -0.2) is 8.42 Å². The standard InChI is InChI=1S/C12H14N2O3S/c1-3-12(15)10-5-4-6-11(9-10)18(16,17)14(2)8-7-13/h4-6,9H,3,8H2,1-2H3. The molecule has 0 atom stereocenters. The number of hydrogen-bond acceptors (Lipinski definition) is 4. The average Bonchev–Trinajstić information content (AvgIpc) is 2.38. The highest BCUT2D eigenvalue weighted by molar-refractivity contribution is 7.89. The first-order valence-electron chi connectivity index (χ1n) is 5.40. The third-order valence-electron chi connectivity index (χ3n) is 2.48. The Balaban J connectivity index is 3.19. The van der Waals surface area contributed by atoms with Crippen LogP contribution in [-0.4, -0.2) is 32.1 Å². The second-order valence-electron chi connectivity index (χ2n) is 3.72. The smallest absolute Gasteiger partial charge is 0.243 e. The van der Waals surface area contributed by atoms with Gasteiger partial charge in [-0.1, -0.05) is 19.1 Å². The molecule has 0 spiro atoms. The molecule has 0 unspecified atom stereocenters. The number of sulfonamides is 1. The number of ketones is 1. The van der Waals surface area contributed by atoms with Crippen LogP contribution in [0.2, 0.25) is 0 Å². The zero-order chi connectivity index (χ0) is 13.8. The molecule has 0 aliphatic heterocycles. The average molecular weight is 266 g/mol. The Labute approximate surface area is 107 Å². The van der Waals surface area contributed by atoms with E-state index in [1.165, 1.54) is 25.2 Å². The van der Waals surface area contributed by atoms with Crippen molar-refractivity contribution in [3.05, 3.63) is 29.8 Å². The third-order valence-corrected chi connectivity index (χ3v) is 4.28. The molecule has 0 saturated carbocycles. The Hall–Kier alpha value is -1.71. The summed E-state index contributed by atoms with van der Waals surface area (Å²) in [5.74, 6) is -0.116. The first kappa shape index (κ1) is 14.4. The van der Waals surface area contributed by atoms with Gasteiger partial charge >= 0.3 is 0 Å². The quantitative estimate of drug-likeness (QED) is 0.596. The van der Waals surface area contributed by atoms with Gasteiger partial charge in [0.2, 0.25) is 10.0 Å². The topological polar surface area (TPSA) is 78.2 Å². The molecule has 0 amide bonds. The summed E-state index contributed by atoms with van der Waals surface area (Å²) in [4.78, 5) is 11.6. The first-order chi connectivity index (χ1) is 8.43. The van der Waals surface area contributed by atoms with Crippen LogP contribution < -0.4 is 0 Å². The van der Waals surface area contributed by atoms with E-state index in [1.54, 1.807) is 19.1 Å². The highest BCUT2D eigenvalue weighted by Crippen LogP contribution is 2.16. The van der Waals surface area contributed by atoms with Gasteiger partial charge in [-0.15, -0.1) is 0 Å². The number of carbonyl (C=O) groups is 1. The van der Waals surface area contributed by atoms with Crippen molar-refractivity contribution in [2.75, 3.05) is 13.6 Å². The molecular formula is C12H14N2O3S. The number of Topliss-reactive ketones (excluding diaryl/α,β-unsaturated/α-hetero) is 1. The van der Waals surface area contributed by atoms with E-state index in [1.807, 2.05) is 0 Å². The molecule has 6 heteroatoms. The Kier molecular flexibility index (Phi) is 4.59. The maximum absolute atomic E-state index is 12.0. The lowest BCUT2D eigenvalue weighted by molar-refractivity contribution is 0.0988. The van der Waals surface area contributed by atoms with Crippen LogP contribution in [0.3, 0.4) is 0 Å². The lowest BCUT2D eigenvalue weighted by atomic mass is 10.1. The maximum Gasteiger partial charge on any atom is 0.243 e. The van der Waals surface area contributed by atoms with Crippen molar-refractivity contribution in [1.29, 1.82) is 5.26 Å². The van der Waals surface area contributed by atoms with Gasteiger partial charge in [-0.05, 0) is 12.1 Å². The molecule has 0 aliphatic rings. The normalized spacial score (nSPS) is 11.2. The second-order valence-corrected chi connectivity index (χ2v) is 5.77. The Morgan fingerprint density at radius 1 is 1.44 bits per heavy atom. The Morgan fingerprint density at radius 2 is 2.11 bits per heavy atom. The minimum atomic E-state index is -3.71. The monoisotopic (exact) mass is 266 g/mol. The fourth-order valence-corrected chi connectivity index (χ4v) is 2.51. The number of benzene rings is 1. The van der Waals surface area contributed by atoms with Gasteiger partial charge in [0.05, 0.1) is 11.0 Å². The summed E-state index contributed by atoms with van der Waals surface area (Å²) in [6, 6.07) is 7.63. The van der Waals surface area contributed by atoms with Crippen molar-refractivity contribution in [2.45, 2.75) is 18.2 Å². The van der Waals surface area contributed by atoms with Gasteiger partial charge in [0, 0.05) is 19.0 Å². The maximum atomic E-state index is 12.0. The van der Waals surface area contributed by atoms with E-state index >= 15 is 0 Å². The molecule has 1 aromatic carbocycles. The molecule has 0 N–H and O–H groups in total. The first-order valence-corrected chi connectivity index (χ1v) is 6.84. The summed E-state index contributed by atoms with van der Waals surface area (Å²) in [5.41, 5.74) is 0.365. The fraction of sp³-hybridized carbons (Fsp3) is 0.333. The summed E-state index contributed by atoms with van der Waals surface area (Å²) in [6.07, 6.45) is 0.317. The van der Waals surface area contributed by atoms with E-state index in [9.17, 15) is 13.2 Å². The van der Waals surface area contributed by atoms with Crippen molar-refractivity contribution >= 4 is 15.8 Å². The van der Waals surface area contributed by atoms with Crippen LogP contribution in [-0.2, 0) is 10.0 Å². The van der Waals surface area contributed by atoms with Crippen LogP contribution >= 0.6 is 0 Å². The van der Waals surface area contributed by atoms with Gasteiger partial charge in [-0.2, -0.15) is 9.57 Å². The molecule has 5 nitrogen and oxygen atoms in total. The molecule has 0 saturated heterocycles.